The van der Waals surface area contributed by atoms with Gasteiger partial charge in [0.05, 0.1) is 16.8 Å². The van der Waals surface area contributed by atoms with Crippen LogP contribution in [0.4, 0.5) is 0 Å². The number of benzene rings is 2. The van der Waals surface area contributed by atoms with Crippen molar-refractivity contribution in [2.75, 3.05) is 0 Å². The van der Waals surface area contributed by atoms with Gasteiger partial charge in [-0.05, 0) is 50.3 Å². The van der Waals surface area contributed by atoms with Gasteiger partial charge in [0.25, 0.3) is 0 Å². The molecule has 0 saturated carbocycles. The summed E-state index contributed by atoms with van der Waals surface area (Å²) in [5, 5.41) is 22.9. The van der Waals surface area contributed by atoms with Crippen LogP contribution in [0.15, 0.2) is 59.3 Å². The van der Waals surface area contributed by atoms with Gasteiger partial charge in [-0.25, -0.2) is 0 Å². The van der Waals surface area contributed by atoms with E-state index in [1.54, 1.807) is 12.1 Å². The fourth-order valence-corrected chi connectivity index (χ4v) is 2.87. The van der Waals surface area contributed by atoms with E-state index in [-0.39, 0.29) is 11.6 Å². The largest absolute Gasteiger partial charge is 0.508 e. The molecule has 0 unspecified atom stereocenters. The summed E-state index contributed by atoms with van der Waals surface area (Å²) < 4.78 is 2.04. The number of amidine groups is 1. The quantitative estimate of drug-likeness (QED) is 0.296. The maximum absolute atomic E-state index is 9.57. The Labute approximate surface area is 140 Å². The van der Waals surface area contributed by atoms with Crippen molar-refractivity contribution >= 4 is 22.8 Å². The van der Waals surface area contributed by atoms with E-state index in [2.05, 4.69) is 5.16 Å². The topological polar surface area (TPSA) is 83.8 Å². The summed E-state index contributed by atoms with van der Waals surface area (Å²) in [6.45, 7) is 3.99. The summed E-state index contributed by atoms with van der Waals surface area (Å²) in [4.78, 5) is 0. The van der Waals surface area contributed by atoms with Crippen molar-refractivity contribution < 1.29 is 10.3 Å². The van der Waals surface area contributed by atoms with E-state index in [0.29, 0.717) is 5.56 Å². The predicted octanol–water partition coefficient (Wildman–Crippen LogP) is 3.85. The summed E-state index contributed by atoms with van der Waals surface area (Å²) in [5.74, 6) is 0.270. The second kappa shape index (κ2) is 6.12. The molecule has 0 atom stereocenters. The number of allylic oxidation sites excluding steroid dienone is 1. The minimum atomic E-state index is 0.0660. The number of fused-ring (bicyclic) bond motifs is 1. The molecule has 2 aromatic carbocycles. The first-order chi connectivity index (χ1) is 11.5. The predicted molar refractivity (Wildman–Crippen MR) is 96.8 cm³/mol. The fraction of sp³-hybridized carbons (Fsp3) is 0.105. The smallest absolute Gasteiger partial charge is 0.172 e. The van der Waals surface area contributed by atoms with Crippen molar-refractivity contribution in [2.45, 2.75) is 13.8 Å². The van der Waals surface area contributed by atoms with E-state index in [0.717, 1.165) is 27.9 Å². The molecular formula is C19H19N3O2. The number of aromatic nitrogens is 1. The molecule has 1 heterocycles. The molecule has 0 fully saturated rings. The molecule has 4 N–H and O–H groups in total. The molecular weight excluding hydrogens is 302 g/mol. The van der Waals surface area contributed by atoms with Crippen LogP contribution in [0.25, 0.3) is 22.7 Å². The third-order valence-electron chi connectivity index (χ3n) is 3.81. The Balaban J connectivity index is 2.47. The lowest BCUT2D eigenvalue weighted by Crippen LogP contribution is -2.14. The van der Waals surface area contributed by atoms with Crippen LogP contribution in [0.1, 0.15) is 25.1 Å². The summed E-state index contributed by atoms with van der Waals surface area (Å²) in [6.07, 6.45) is 2.00. The number of nitrogens with two attached hydrogens (primary N) is 1. The molecule has 0 amide bonds. The van der Waals surface area contributed by atoms with Crippen molar-refractivity contribution in [1.82, 2.24) is 4.57 Å². The minimum absolute atomic E-state index is 0.0660. The van der Waals surface area contributed by atoms with Gasteiger partial charge < -0.3 is 20.6 Å². The van der Waals surface area contributed by atoms with Crippen LogP contribution in [0.2, 0.25) is 0 Å². The van der Waals surface area contributed by atoms with Crippen molar-refractivity contribution in [3.05, 3.63) is 65.4 Å². The standard InChI is InChI=1S/C19H19N3O2/c1-12(2)11-17-18(19(20)21-24)15-5-3-4-6-16(15)22(17)13-7-9-14(23)10-8-13/h3-11,23-24H,1-2H3,(H2,20,21). The third kappa shape index (κ3) is 2.60. The normalized spacial score (nSPS) is 11.7. The first kappa shape index (κ1) is 15.7. The van der Waals surface area contributed by atoms with Crippen molar-refractivity contribution in [3.63, 3.8) is 0 Å². The second-order valence-corrected chi connectivity index (χ2v) is 5.84. The summed E-state index contributed by atoms with van der Waals surface area (Å²) >= 11 is 0. The first-order valence-electron chi connectivity index (χ1n) is 7.58. The highest BCUT2D eigenvalue weighted by atomic mass is 16.4. The first-order valence-corrected chi connectivity index (χ1v) is 7.58. The molecule has 5 heteroatoms. The minimum Gasteiger partial charge on any atom is -0.508 e. The molecule has 24 heavy (non-hydrogen) atoms. The third-order valence-corrected chi connectivity index (χ3v) is 3.81. The Morgan fingerprint density at radius 3 is 2.38 bits per heavy atom. The van der Waals surface area contributed by atoms with E-state index in [1.807, 2.05) is 60.9 Å². The number of aromatic hydroxyl groups is 1. The van der Waals surface area contributed by atoms with Crippen molar-refractivity contribution in [1.29, 1.82) is 0 Å². The zero-order chi connectivity index (χ0) is 17.3. The number of hydrogen-bond acceptors (Lipinski definition) is 3. The van der Waals surface area contributed by atoms with Gasteiger partial charge in [-0.1, -0.05) is 28.9 Å². The average molecular weight is 321 g/mol. The van der Waals surface area contributed by atoms with Gasteiger partial charge in [0.1, 0.15) is 5.75 Å². The summed E-state index contributed by atoms with van der Waals surface area (Å²) in [7, 11) is 0. The van der Waals surface area contributed by atoms with Crippen LogP contribution in [-0.4, -0.2) is 20.7 Å². The Bertz CT molecular complexity index is 947. The number of hydrogen-bond donors (Lipinski definition) is 3. The maximum Gasteiger partial charge on any atom is 0.172 e. The maximum atomic E-state index is 9.57. The van der Waals surface area contributed by atoms with E-state index >= 15 is 0 Å². The number of phenolic OH excluding ortho intramolecular Hbond substituents is 1. The number of rotatable bonds is 3. The van der Waals surface area contributed by atoms with E-state index in [9.17, 15) is 10.3 Å². The lowest BCUT2D eigenvalue weighted by atomic mass is 10.1. The summed E-state index contributed by atoms with van der Waals surface area (Å²) in [6, 6.07) is 14.7. The van der Waals surface area contributed by atoms with Crippen LogP contribution < -0.4 is 5.73 Å². The SMILES string of the molecule is CC(C)=Cc1c(/C(N)=N/O)c2ccccc2n1-c1ccc(O)cc1. The molecule has 1 aromatic heterocycles. The number of phenols is 1. The second-order valence-electron chi connectivity index (χ2n) is 5.84. The van der Waals surface area contributed by atoms with E-state index < -0.39 is 0 Å². The van der Waals surface area contributed by atoms with E-state index in [4.69, 9.17) is 5.73 Å². The van der Waals surface area contributed by atoms with Gasteiger partial charge in [-0.3, -0.25) is 0 Å². The van der Waals surface area contributed by atoms with Crippen LogP contribution in [-0.2, 0) is 0 Å². The Kier molecular flexibility index (Phi) is 4.00. The van der Waals surface area contributed by atoms with Gasteiger partial charge in [-0.15, -0.1) is 0 Å². The van der Waals surface area contributed by atoms with Crippen LogP contribution in [0, 0.1) is 0 Å². The summed E-state index contributed by atoms with van der Waals surface area (Å²) in [5.41, 5.74) is 10.4. The molecule has 122 valence electrons. The number of oxime groups is 1. The molecule has 0 radical (unpaired) electrons. The molecule has 0 aliphatic heterocycles. The number of nitrogens with zero attached hydrogens (tertiary/aromatic N) is 2. The highest BCUT2D eigenvalue weighted by molar-refractivity contribution is 6.12. The van der Waals surface area contributed by atoms with Gasteiger partial charge in [-0.2, -0.15) is 0 Å². The molecule has 0 saturated heterocycles. The fourth-order valence-electron chi connectivity index (χ4n) is 2.87. The van der Waals surface area contributed by atoms with Crippen molar-refractivity contribution in [2.24, 2.45) is 10.9 Å². The van der Waals surface area contributed by atoms with Gasteiger partial charge >= 0.3 is 0 Å². The Hall–Kier alpha value is -3.21. The zero-order valence-corrected chi connectivity index (χ0v) is 13.6. The average Bonchev–Trinajstić information content (AvgIpc) is 2.88. The molecule has 5 nitrogen and oxygen atoms in total. The lowest BCUT2D eigenvalue weighted by Gasteiger charge is -2.10. The molecule has 0 spiro atoms. The van der Waals surface area contributed by atoms with Crippen LogP contribution in [0.5, 0.6) is 5.75 Å². The molecule has 0 bridgehead atoms. The molecule has 0 aliphatic carbocycles. The van der Waals surface area contributed by atoms with Crippen LogP contribution >= 0.6 is 0 Å². The highest BCUT2D eigenvalue weighted by Gasteiger charge is 2.19. The zero-order valence-electron chi connectivity index (χ0n) is 13.6. The van der Waals surface area contributed by atoms with Gasteiger partial charge in [0.15, 0.2) is 5.84 Å². The van der Waals surface area contributed by atoms with E-state index in [1.165, 1.54) is 0 Å². The Morgan fingerprint density at radius 2 is 1.75 bits per heavy atom. The Morgan fingerprint density at radius 1 is 1.08 bits per heavy atom. The van der Waals surface area contributed by atoms with Gasteiger partial charge in [0.2, 0.25) is 0 Å². The number of para-hydroxylation sites is 1. The molecule has 0 aliphatic rings. The molecule has 3 aromatic rings. The monoisotopic (exact) mass is 321 g/mol. The van der Waals surface area contributed by atoms with Gasteiger partial charge in [0, 0.05) is 11.1 Å². The molecule has 3 rings (SSSR count). The van der Waals surface area contributed by atoms with Crippen LogP contribution in [0.3, 0.4) is 0 Å². The lowest BCUT2D eigenvalue weighted by molar-refractivity contribution is 0.318. The van der Waals surface area contributed by atoms with Crippen molar-refractivity contribution in [3.8, 4) is 11.4 Å². The highest BCUT2D eigenvalue weighted by Crippen LogP contribution is 2.31.